The number of hydrogen-bond donors (Lipinski definition) is 4. The van der Waals surface area contributed by atoms with Gasteiger partial charge in [0.15, 0.2) is 0 Å². The van der Waals surface area contributed by atoms with Crippen molar-refractivity contribution in [1.29, 1.82) is 0 Å². The molecule has 0 spiro atoms. The number of hydrogen-bond acceptors (Lipinski definition) is 6. The molecule has 44 heavy (non-hydrogen) atoms. The third kappa shape index (κ3) is 6.14. The number of piperidine rings is 1. The number of nitrogens with one attached hydrogen (secondary N) is 1. The maximum atomic E-state index is 13.8. The smallest absolute Gasteiger partial charge is 0.430 e. The second kappa shape index (κ2) is 11.7. The summed E-state index contributed by atoms with van der Waals surface area (Å²) in [6, 6.07) is 2.55. The van der Waals surface area contributed by atoms with Crippen LogP contribution in [-0.2, 0) is 26.8 Å². The minimum absolute atomic E-state index is 0.00806. The van der Waals surface area contributed by atoms with E-state index in [4.69, 9.17) is 5.11 Å². The summed E-state index contributed by atoms with van der Waals surface area (Å²) in [4.78, 5) is 25.1. The monoisotopic (exact) mass is 657 g/mol. The summed E-state index contributed by atoms with van der Waals surface area (Å²) in [6.45, 7) is -0.264. The molecule has 0 radical (unpaired) electrons. The molecule has 2 aliphatic heterocycles. The molecule has 2 aliphatic rings. The van der Waals surface area contributed by atoms with Crippen LogP contribution in [0, 0.1) is 5.82 Å². The van der Waals surface area contributed by atoms with E-state index in [1.807, 2.05) is 0 Å². The number of aryl methyl sites for hydroxylation is 1. The predicted molar refractivity (Wildman–Crippen MR) is 137 cm³/mol. The molecule has 2 amide bonds. The molecule has 2 heterocycles. The Bertz CT molecular complexity index is 1500. The van der Waals surface area contributed by atoms with Gasteiger partial charge in [0, 0.05) is 25.1 Å². The largest absolute Gasteiger partial charge is 0.465 e. The Morgan fingerprint density at radius 3 is 2.16 bits per heavy atom. The molecule has 18 heteroatoms. The number of rotatable bonds is 6. The van der Waals surface area contributed by atoms with Gasteiger partial charge in [-0.2, -0.15) is 26.3 Å². The van der Waals surface area contributed by atoms with Gasteiger partial charge in [0.05, 0.1) is 28.8 Å². The number of likely N-dealkylation sites (tertiary alicyclic amines) is 1. The van der Waals surface area contributed by atoms with Gasteiger partial charge in [-0.25, -0.2) is 17.6 Å². The predicted octanol–water partition coefficient (Wildman–Crippen LogP) is 3.27. The number of alkyl halides is 6. The van der Waals surface area contributed by atoms with E-state index >= 15 is 0 Å². The maximum Gasteiger partial charge on any atom is 0.430 e. The van der Waals surface area contributed by atoms with Gasteiger partial charge >= 0.3 is 18.4 Å². The molecule has 10 nitrogen and oxygen atoms in total. The Kier molecular flexibility index (Phi) is 8.84. The van der Waals surface area contributed by atoms with Gasteiger partial charge in [0.1, 0.15) is 5.82 Å². The molecular weight excluding hydrogens is 631 g/mol. The van der Waals surface area contributed by atoms with E-state index in [-0.39, 0.29) is 43.6 Å². The van der Waals surface area contributed by atoms with Crippen molar-refractivity contribution in [2.24, 2.45) is 0 Å². The zero-order valence-corrected chi connectivity index (χ0v) is 23.3. The van der Waals surface area contributed by atoms with Crippen molar-refractivity contribution in [3.8, 4) is 0 Å². The molecule has 0 aliphatic carbocycles. The Balaban J connectivity index is 1.75. The first kappa shape index (κ1) is 33.3. The van der Waals surface area contributed by atoms with Gasteiger partial charge in [-0.15, -0.1) is 0 Å². The van der Waals surface area contributed by atoms with Crippen LogP contribution in [0.1, 0.15) is 30.4 Å². The maximum absolute atomic E-state index is 13.8. The first-order valence-corrected chi connectivity index (χ1v) is 14.5. The molecule has 2 aromatic carbocycles. The molecule has 4 rings (SSSR count). The van der Waals surface area contributed by atoms with Gasteiger partial charge in [-0.05, 0) is 55.2 Å². The highest BCUT2D eigenvalue weighted by atomic mass is 32.2. The van der Waals surface area contributed by atoms with Gasteiger partial charge in [0.2, 0.25) is 5.91 Å². The lowest BCUT2D eigenvalue weighted by Gasteiger charge is -2.41. The molecule has 3 atom stereocenters. The lowest BCUT2D eigenvalue weighted by atomic mass is 9.87. The quantitative estimate of drug-likeness (QED) is 0.349. The number of halogens is 7. The van der Waals surface area contributed by atoms with Crippen LogP contribution in [0.2, 0.25) is 0 Å². The third-order valence-corrected chi connectivity index (χ3v) is 9.53. The third-order valence-electron chi connectivity index (χ3n) is 7.65. The zero-order valence-electron chi connectivity index (χ0n) is 22.4. The SMILES string of the molecule is O=C(O)N[C@@H]1CN(C(=O)C[C@@H]2CCc3cc(C(O)(C(F)(F)F)C(F)(F)F)ccc3N2S(=O)(=O)c2ccc(F)cc2)CC[C@H]1O. The summed E-state index contributed by atoms with van der Waals surface area (Å²) < 4.78 is 123. The van der Waals surface area contributed by atoms with Gasteiger partial charge in [-0.3, -0.25) is 9.10 Å². The van der Waals surface area contributed by atoms with Crippen molar-refractivity contribution in [3.63, 3.8) is 0 Å². The number of aliphatic hydroxyl groups excluding tert-OH is 1. The normalized spacial score (nSPS) is 21.5. The molecule has 242 valence electrons. The van der Waals surface area contributed by atoms with Crippen LogP contribution in [0.4, 0.5) is 41.2 Å². The van der Waals surface area contributed by atoms with E-state index in [0.717, 1.165) is 24.3 Å². The average molecular weight is 658 g/mol. The van der Waals surface area contributed by atoms with Crippen LogP contribution in [0.5, 0.6) is 0 Å². The standard InChI is InChI=1S/C26H26F7N3O7S/c27-16-3-6-18(7-4-16)44(42,43)36-17(12-22(38)35-10-9-21(37)19(13-35)34-23(39)40)5-1-14-11-15(2-8-20(14)36)24(41,25(28,29)30)26(31,32)33/h2-4,6-8,11,17,19,21,34,37,41H,1,5,9-10,12-13H2,(H,39,40)/t17-,19+,21+/m0/s1. The summed E-state index contributed by atoms with van der Waals surface area (Å²) in [5, 5.41) is 31.0. The zero-order chi connectivity index (χ0) is 32.8. The molecule has 1 fully saturated rings. The minimum Gasteiger partial charge on any atom is -0.465 e. The van der Waals surface area contributed by atoms with Crippen molar-refractivity contribution in [1.82, 2.24) is 10.2 Å². The fourth-order valence-electron chi connectivity index (χ4n) is 5.38. The van der Waals surface area contributed by atoms with Crippen molar-refractivity contribution in [3.05, 3.63) is 59.4 Å². The molecular formula is C26H26F7N3O7S. The van der Waals surface area contributed by atoms with Crippen molar-refractivity contribution in [2.45, 2.75) is 66.7 Å². The highest BCUT2D eigenvalue weighted by Gasteiger charge is 2.71. The first-order valence-electron chi connectivity index (χ1n) is 13.0. The number of anilines is 1. The van der Waals surface area contributed by atoms with E-state index in [1.165, 1.54) is 4.90 Å². The number of amides is 2. The molecule has 4 N–H and O–H groups in total. The number of sulfonamides is 1. The summed E-state index contributed by atoms with van der Waals surface area (Å²) in [5.74, 6) is -1.46. The van der Waals surface area contributed by atoms with Crippen LogP contribution in [0.25, 0.3) is 0 Å². The number of carboxylic acid groups (broad SMARTS) is 1. The lowest BCUT2D eigenvalue weighted by molar-refractivity contribution is -0.376. The highest BCUT2D eigenvalue weighted by Crippen LogP contribution is 2.51. The fourth-order valence-corrected chi connectivity index (χ4v) is 7.09. The van der Waals surface area contributed by atoms with Gasteiger partial charge in [0.25, 0.3) is 15.6 Å². The fraction of sp³-hybridized carbons (Fsp3) is 0.462. The number of nitrogens with zero attached hydrogens (tertiary/aromatic N) is 2. The van der Waals surface area contributed by atoms with Crippen LogP contribution in [0.3, 0.4) is 0 Å². The van der Waals surface area contributed by atoms with E-state index in [0.29, 0.717) is 22.5 Å². The van der Waals surface area contributed by atoms with Crippen LogP contribution < -0.4 is 9.62 Å². The van der Waals surface area contributed by atoms with E-state index in [9.17, 15) is 59.0 Å². The number of carbonyl (C=O) groups excluding carboxylic acids is 1. The molecule has 0 bridgehead atoms. The van der Waals surface area contributed by atoms with E-state index < -0.39 is 80.9 Å². The van der Waals surface area contributed by atoms with Gasteiger partial charge in [-0.1, -0.05) is 12.1 Å². The topological polar surface area (TPSA) is 147 Å². The Labute approximate surface area is 245 Å². The second-order valence-electron chi connectivity index (χ2n) is 10.5. The molecule has 2 aromatic rings. The van der Waals surface area contributed by atoms with Crippen molar-refractivity contribution >= 4 is 27.7 Å². The number of benzene rings is 2. The van der Waals surface area contributed by atoms with Crippen LogP contribution in [-0.4, -0.2) is 84.3 Å². The number of aliphatic hydroxyl groups is 2. The Morgan fingerprint density at radius 1 is 0.977 bits per heavy atom. The molecule has 0 saturated carbocycles. The minimum atomic E-state index is -6.18. The van der Waals surface area contributed by atoms with Crippen LogP contribution >= 0.6 is 0 Å². The molecule has 0 unspecified atom stereocenters. The van der Waals surface area contributed by atoms with Crippen molar-refractivity contribution in [2.75, 3.05) is 17.4 Å². The highest BCUT2D eigenvalue weighted by molar-refractivity contribution is 7.92. The summed E-state index contributed by atoms with van der Waals surface area (Å²) in [5.41, 5.74) is -7.50. The number of carbonyl (C=O) groups is 2. The first-order chi connectivity index (χ1) is 20.3. The molecule has 0 aromatic heterocycles. The second-order valence-corrected chi connectivity index (χ2v) is 12.3. The summed E-state index contributed by atoms with van der Waals surface area (Å²) in [6.07, 6.45) is -16.0. The van der Waals surface area contributed by atoms with E-state index in [1.54, 1.807) is 0 Å². The van der Waals surface area contributed by atoms with Crippen molar-refractivity contribution < 1.29 is 64.1 Å². The summed E-state index contributed by atoms with van der Waals surface area (Å²) >= 11 is 0. The lowest BCUT2D eigenvalue weighted by Crippen LogP contribution is -2.57. The van der Waals surface area contributed by atoms with Gasteiger partial charge < -0.3 is 25.5 Å². The van der Waals surface area contributed by atoms with Crippen LogP contribution in [0.15, 0.2) is 47.4 Å². The average Bonchev–Trinajstić information content (AvgIpc) is 2.92. The number of fused-ring (bicyclic) bond motifs is 1. The summed E-state index contributed by atoms with van der Waals surface area (Å²) in [7, 11) is -4.70. The Hall–Kier alpha value is -3.64. The van der Waals surface area contributed by atoms with E-state index in [2.05, 4.69) is 5.32 Å². The molecule has 1 saturated heterocycles. The Morgan fingerprint density at radius 2 is 1.59 bits per heavy atom.